The number of rotatable bonds is 5. The average Bonchev–Trinajstić information content (AvgIpc) is 2.99. The summed E-state index contributed by atoms with van der Waals surface area (Å²) < 4.78 is 5.68. The van der Waals surface area contributed by atoms with Crippen LogP contribution >= 0.6 is 0 Å². The molecule has 2 aromatic rings. The molecule has 0 spiro atoms. The molecule has 45 heavy (non-hydrogen) atoms. The van der Waals surface area contributed by atoms with Gasteiger partial charge in [-0.2, -0.15) is 0 Å². The molecule has 5 N–H and O–H groups in total. The summed E-state index contributed by atoms with van der Waals surface area (Å²) in [7, 11) is 0. The maximum absolute atomic E-state index is 13.3. The maximum atomic E-state index is 13.3. The van der Waals surface area contributed by atoms with E-state index >= 15 is 0 Å². The predicted molar refractivity (Wildman–Crippen MR) is 170 cm³/mol. The van der Waals surface area contributed by atoms with E-state index in [2.05, 4.69) is 31.2 Å². The molecule has 0 fully saturated rings. The zero-order chi connectivity index (χ0) is 32.6. The first kappa shape index (κ1) is 35.4. The smallest absolute Gasteiger partial charge is 0.257 e. The van der Waals surface area contributed by atoms with Crippen molar-refractivity contribution in [2.45, 2.75) is 77.6 Å². The third-order valence-electron chi connectivity index (χ3n) is 7.34. The van der Waals surface area contributed by atoms with Gasteiger partial charge in [0.1, 0.15) is 17.8 Å². The number of aromatic nitrogens is 1. The van der Waals surface area contributed by atoms with Gasteiger partial charge in [0.15, 0.2) is 6.61 Å². The SMILES string of the molecule is CC(C)C[C@H]1NC(=O)Cc2cccc(c2)OCC(=O)NCCCN(Cc2ccccn2)CCCCNC(=O)[C@H]([C@@H](C)O)NC1=O. The minimum atomic E-state index is -1.17. The number of aliphatic hydroxyl groups is 1. The van der Waals surface area contributed by atoms with E-state index in [9.17, 15) is 24.3 Å². The second-order valence-corrected chi connectivity index (χ2v) is 11.9. The number of carbonyl (C=O) groups excluding carboxylic acids is 4. The maximum Gasteiger partial charge on any atom is 0.257 e. The molecule has 3 rings (SSSR count). The fourth-order valence-electron chi connectivity index (χ4n) is 5.04. The van der Waals surface area contributed by atoms with Crippen molar-refractivity contribution in [2.24, 2.45) is 5.92 Å². The van der Waals surface area contributed by atoms with Crippen LogP contribution in [-0.4, -0.2) is 89.6 Å². The van der Waals surface area contributed by atoms with Gasteiger partial charge in [0.2, 0.25) is 17.7 Å². The summed E-state index contributed by atoms with van der Waals surface area (Å²) in [6, 6.07) is 10.6. The Bertz CT molecular complexity index is 1240. The number of aliphatic hydroxyl groups excluding tert-OH is 1. The molecular weight excluding hydrogens is 576 g/mol. The predicted octanol–water partition coefficient (Wildman–Crippen LogP) is 1.32. The Morgan fingerprint density at radius 3 is 2.42 bits per heavy atom. The van der Waals surface area contributed by atoms with Crippen molar-refractivity contribution in [1.82, 2.24) is 31.2 Å². The molecule has 1 aliphatic heterocycles. The topological polar surface area (TPSA) is 162 Å². The van der Waals surface area contributed by atoms with Crippen molar-refractivity contribution < 1.29 is 29.0 Å². The first-order valence-electron chi connectivity index (χ1n) is 15.8. The van der Waals surface area contributed by atoms with E-state index in [1.54, 1.807) is 30.5 Å². The first-order valence-corrected chi connectivity index (χ1v) is 15.8. The zero-order valence-electron chi connectivity index (χ0n) is 26.6. The third-order valence-corrected chi connectivity index (χ3v) is 7.34. The van der Waals surface area contributed by atoms with Crippen molar-refractivity contribution >= 4 is 23.6 Å². The summed E-state index contributed by atoms with van der Waals surface area (Å²) in [5, 5.41) is 21.5. The lowest BCUT2D eigenvalue weighted by Gasteiger charge is -2.26. The quantitative estimate of drug-likeness (QED) is 0.333. The van der Waals surface area contributed by atoms with Crippen LogP contribution in [-0.2, 0) is 32.1 Å². The van der Waals surface area contributed by atoms with Crippen LogP contribution in [0, 0.1) is 5.92 Å². The minimum absolute atomic E-state index is 0.0133. The molecule has 0 aliphatic carbocycles. The molecule has 0 saturated heterocycles. The summed E-state index contributed by atoms with van der Waals surface area (Å²) >= 11 is 0. The number of pyridine rings is 1. The molecule has 1 aromatic carbocycles. The highest BCUT2D eigenvalue weighted by atomic mass is 16.5. The molecule has 4 amide bonds. The Morgan fingerprint density at radius 1 is 0.911 bits per heavy atom. The fourth-order valence-corrected chi connectivity index (χ4v) is 5.04. The zero-order valence-corrected chi connectivity index (χ0v) is 26.6. The van der Waals surface area contributed by atoms with Crippen LogP contribution in [0.5, 0.6) is 5.75 Å². The Hall–Kier alpha value is -4.03. The lowest BCUT2D eigenvalue weighted by atomic mass is 10.0. The Kier molecular flexibility index (Phi) is 14.7. The van der Waals surface area contributed by atoms with E-state index in [-0.39, 0.29) is 30.8 Å². The van der Waals surface area contributed by atoms with Crippen molar-refractivity contribution in [3.05, 3.63) is 59.9 Å². The van der Waals surface area contributed by atoms with Crippen molar-refractivity contribution in [1.29, 1.82) is 0 Å². The van der Waals surface area contributed by atoms with Crippen molar-refractivity contribution in [2.75, 3.05) is 32.8 Å². The number of hydrogen-bond donors (Lipinski definition) is 5. The number of ether oxygens (including phenoxy) is 1. The summed E-state index contributed by atoms with van der Waals surface area (Å²) in [5.41, 5.74) is 1.60. The van der Waals surface area contributed by atoms with Crippen LogP contribution in [0.3, 0.4) is 0 Å². The molecule has 246 valence electrons. The van der Waals surface area contributed by atoms with Crippen molar-refractivity contribution in [3.8, 4) is 5.75 Å². The largest absolute Gasteiger partial charge is 0.484 e. The van der Waals surface area contributed by atoms with Gasteiger partial charge in [-0.05, 0) is 74.9 Å². The lowest BCUT2D eigenvalue weighted by Crippen LogP contribution is -2.57. The number of amides is 4. The normalized spacial score (nSPS) is 21.4. The van der Waals surface area contributed by atoms with E-state index in [0.717, 1.165) is 31.6 Å². The number of fused-ring (bicyclic) bond motifs is 2. The molecule has 1 aromatic heterocycles. The Morgan fingerprint density at radius 2 is 1.69 bits per heavy atom. The van der Waals surface area contributed by atoms with Crippen LogP contribution in [0.25, 0.3) is 0 Å². The number of hydrogen-bond acceptors (Lipinski definition) is 8. The molecule has 2 heterocycles. The van der Waals surface area contributed by atoms with E-state index in [0.29, 0.717) is 43.8 Å². The molecule has 0 unspecified atom stereocenters. The van der Waals surface area contributed by atoms with Crippen LogP contribution in [0.1, 0.15) is 57.7 Å². The van der Waals surface area contributed by atoms with Gasteiger partial charge in [-0.15, -0.1) is 0 Å². The number of nitrogens with one attached hydrogen (secondary N) is 4. The second kappa shape index (κ2) is 18.7. The van der Waals surface area contributed by atoms with Crippen LogP contribution in [0.15, 0.2) is 48.7 Å². The number of nitrogens with zero attached hydrogens (tertiary/aromatic N) is 2. The van der Waals surface area contributed by atoms with E-state index in [4.69, 9.17) is 4.74 Å². The second-order valence-electron chi connectivity index (χ2n) is 11.9. The monoisotopic (exact) mass is 624 g/mol. The minimum Gasteiger partial charge on any atom is -0.484 e. The number of benzene rings is 1. The molecule has 3 atom stereocenters. The van der Waals surface area contributed by atoms with Crippen LogP contribution in [0.4, 0.5) is 0 Å². The highest BCUT2D eigenvalue weighted by molar-refractivity contribution is 5.92. The summed E-state index contributed by atoms with van der Waals surface area (Å²) in [6.45, 7) is 8.16. The molecule has 0 radical (unpaired) electrons. The molecule has 12 nitrogen and oxygen atoms in total. The third kappa shape index (κ3) is 13.2. The lowest BCUT2D eigenvalue weighted by molar-refractivity contribution is -0.134. The van der Waals surface area contributed by atoms with Crippen LogP contribution in [0.2, 0.25) is 0 Å². The van der Waals surface area contributed by atoms with E-state index in [1.165, 1.54) is 6.92 Å². The van der Waals surface area contributed by atoms with Gasteiger partial charge in [-0.1, -0.05) is 32.0 Å². The summed E-state index contributed by atoms with van der Waals surface area (Å²) in [4.78, 5) is 58.4. The highest BCUT2D eigenvalue weighted by Crippen LogP contribution is 2.15. The van der Waals surface area contributed by atoms with Gasteiger partial charge < -0.3 is 31.1 Å². The van der Waals surface area contributed by atoms with Gasteiger partial charge in [-0.3, -0.25) is 29.1 Å². The van der Waals surface area contributed by atoms with Gasteiger partial charge in [0.25, 0.3) is 5.91 Å². The summed E-state index contributed by atoms with van der Waals surface area (Å²) in [5.74, 6) is -1.12. The standard InChI is InChI=1S/C33H48N6O6/c1-23(2)18-28-32(43)38-31(24(3)40)33(44)36-14-6-7-16-39(21-26-11-4-5-13-34-26)17-9-15-35-30(42)22-45-27-12-8-10-25(19-27)20-29(41)37-28/h4-5,8,10-13,19,23-24,28,31,40H,6-7,9,14-18,20-22H2,1-3H3,(H,35,42)(H,36,44)(H,37,41)(H,38,43)/t24-,28-,31+/m1/s1. The van der Waals surface area contributed by atoms with Gasteiger partial charge in [0.05, 0.1) is 18.2 Å². The van der Waals surface area contributed by atoms with Crippen LogP contribution < -0.4 is 26.0 Å². The molecule has 1 aliphatic rings. The molecule has 2 bridgehead atoms. The Labute approximate surface area is 265 Å². The average molecular weight is 625 g/mol. The van der Waals surface area contributed by atoms with E-state index in [1.807, 2.05) is 32.0 Å². The van der Waals surface area contributed by atoms with Gasteiger partial charge in [-0.25, -0.2) is 0 Å². The van der Waals surface area contributed by atoms with Gasteiger partial charge >= 0.3 is 0 Å². The molecule has 12 heteroatoms. The molecular formula is C33H48N6O6. The summed E-state index contributed by atoms with van der Waals surface area (Å²) in [6.07, 6.45) is 3.16. The first-order chi connectivity index (χ1) is 21.6. The van der Waals surface area contributed by atoms with Crippen molar-refractivity contribution in [3.63, 3.8) is 0 Å². The highest BCUT2D eigenvalue weighted by Gasteiger charge is 2.30. The van der Waals surface area contributed by atoms with E-state index < -0.39 is 30.0 Å². The number of carbonyl (C=O) groups is 4. The van der Waals surface area contributed by atoms with Gasteiger partial charge in [0, 0.05) is 32.4 Å². The Balaban J connectivity index is 1.74. The molecule has 0 saturated carbocycles. The fraction of sp³-hybridized carbons (Fsp3) is 0.545.